The maximum Gasteiger partial charge on any atom is 0.416 e. The fourth-order valence-corrected chi connectivity index (χ4v) is 3.72. The molecule has 0 bridgehead atoms. The van der Waals surface area contributed by atoms with Crippen molar-refractivity contribution in [1.29, 1.82) is 0 Å². The topological polar surface area (TPSA) is 84.5 Å². The molecule has 176 valence electrons. The molecular weight excluding hydrogens is 466 g/mol. The molecule has 0 unspecified atom stereocenters. The van der Waals surface area contributed by atoms with E-state index < -0.39 is 51.1 Å². The highest BCUT2D eigenvalue weighted by atomic mass is 32.2. The summed E-state index contributed by atoms with van der Waals surface area (Å²) in [5.74, 6) is -0.755. The summed E-state index contributed by atoms with van der Waals surface area (Å²) in [5.41, 5.74) is -4.03. The minimum Gasteiger partial charge on any atom is -0.494 e. The molecule has 13 heteroatoms. The number of amides is 1. The van der Waals surface area contributed by atoms with Gasteiger partial charge in [0.1, 0.15) is 5.75 Å². The maximum absolute atomic E-state index is 12.9. The number of alkyl halides is 6. The van der Waals surface area contributed by atoms with E-state index in [9.17, 15) is 39.6 Å². The van der Waals surface area contributed by atoms with Crippen molar-refractivity contribution in [2.45, 2.75) is 37.1 Å². The molecule has 0 radical (unpaired) electrons. The number of hydrogen-bond acceptors (Lipinski definition) is 4. The molecule has 0 saturated heterocycles. The van der Waals surface area contributed by atoms with Gasteiger partial charge < -0.3 is 10.1 Å². The van der Waals surface area contributed by atoms with Crippen LogP contribution in [0.4, 0.5) is 32.0 Å². The van der Waals surface area contributed by atoms with Crippen molar-refractivity contribution in [2.24, 2.45) is 0 Å². The third kappa shape index (κ3) is 6.60. The quantitative estimate of drug-likeness (QED) is 0.570. The van der Waals surface area contributed by atoms with Crippen molar-refractivity contribution >= 4 is 21.6 Å². The van der Waals surface area contributed by atoms with Crippen LogP contribution in [0.3, 0.4) is 0 Å². The van der Waals surface area contributed by atoms with Crippen molar-refractivity contribution in [3.8, 4) is 5.75 Å². The van der Waals surface area contributed by atoms with Crippen LogP contribution in [-0.2, 0) is 27.2 Å². The Bertz CT molecular complexity index is 1030. The van der Waals surface area contributed by atoms with Crippen molar-refractivity contribution in [3.63, 3.8) is 0 Å². The van der Waals surface area contributed by atoms with Gasteiger partial charge in [-0.1, -0.05) is 0 Å². The average molecular weight is 484 g/mol. The van der Waals surface area contributed by atoms with Gasteiger partial charge in [-0.2, -0.15) is 31.1 Å². The van der Waals surface area contributed by atoms with Gasteiger partial charge in [-0.05, 0) is 56.3 Å². The van der Waals surface area contributed by atoms with E-state index in [-0.39, 0.29) is 11.0 Å². The Kier molecular flexibility index (Phi) is 7.45. The van der Waals surface area contributed by atoms with E-state index in [2.05, 4.69) is 0 Å². The zero-order chi connectivity index (χ0) is 24.3. The summed E-state index contributed by atoms with van der Waals surface area (Å²) in [5, 5.41) is 1.88. The van der Waals surface area contributed by atoms with Crippen LogP contribution in [0, 0.1) is 0 Å². The number of rotatable bonds is 7. The fourth-order valence-electron chi connectivity index (χ4n) is 2.51. The number of halogens is 6. The molecule has 6 nitrogen and oxygen atoms in total. The molecule has 1 atom stereocenters. The molecular formula is C19H18F6N2O4S. The zero-order valence-electron chi connectivity index (χ0n) is 16.6. The number of sulfonamides is 1. The Morgan fingerprint density at radius 2 is 1.47 bits per heavy atom. The number of carbonyl (C=O) groups excluding carboxylic acids is 1. The van der Waals surface area contributed by atoms with E-state index in [0.717, 1.165) is 6.92 Å². The third-order valence-electron chi connectivity index (χ3n) is 4.03. The summed E-state index contributed by atoms with van der Waals surface area (Å²) in [7, 11) is -4.22. The smallest absolute Gasteiger partial charge is 0.416 e. The molecule has 0 saturated carbocycles. The Balaban J connectivity index is 2.21. The van der Waals surface area contributed by atoms with Crippen LogP contribution in [0.1, 0.15) is 25.0 Å². The SMILES string of the molecule is CCOc1ccc(S(=O)(=O)N[C@H](C)C(=O)Nc2cc(C(F)(F)F)cc(C(F)(F)F)c2)cc1. The van der Waals surface area contributed by atoms with E-state index in [0.29, 0.717) is 24.5 Å². The summed E-state index contributed by atoms with van der Waals surface area (Å²) < 4.78 is 110. The lowest BCUT2D eigenvalue weighted by molar-refractivity contribution is -0.143. The second kappa shape index (κ2) is 9.36. The van der Waals surface area contributed by atoms with Crippen molar-refractivity contribution < 1.29 is 44.3 Å². The van der Waals surface area contributed by atoms with E-state index in [1.165, 1.54) is 24.3 Å². The van der Waals surface area contributed by atoms with Gasteiger partial charge in [-0.3, -0.25) is 4.79 Å². The van der Waals surface area contributed by atoms with Crippen molar-refractivity contribution in [2.75, 3.05) is 11.9 Å². The minimum absolute atomic E-state index is 0.0896. The molecule has 2 N–H and O–H groups in total. The lowest BCUT2D eigenvalue weighted by Gasteiger charge is -2.17. The first-order valence-electron chi connectivity index (χ1n) is 8.99. The van der Waals surface area contributed by atoms with Crippen LogP contribution in [0.2, 0.25) is 0 Å². The Hall–Kier alpha value is -2.80. The molecule has 1 amide bonds. The van der Waals surface area contributed by atoms with Gasteiger partial charge in [0.15, 0.2) is 0 Å². The van der Waals surface area contributed by atoms with Gasteiger partial charge in [0.2, 0.25) is 15.9 Å². The fraction of sp³-hybridized carbons (Fsp3) is 0.316. The molecule has 0 spiro atoms. The molecule has 0 aliphatic rings. The van der Waals surface area contributed by atoms with Gasteiger partial charge in [0.25, 0.3) is 0 Å². The molecule has 0 aromatic heterocycles. The first-order valence-corrected chi connectivity index (χ1v) is 10.5. The average Bonchev–Trinajstić information content (AvgIpc) is 2.66. The lowest BCUT2D eigenvalue weighted by atomic mass is 10.1. The van der Waals surface area contributed by atoms with Crippen molar-refractivity contribution in [1.82, 2.24) is 4.72 Å². The van der Waals surface area contributed by atoms with Gasteiger partial charge in [-0.25, -0.2) is 8.42 Å². The largest absolute Gasteiger partial charge is 0.494 e. The standard InChI is InChI=1S/C19H18F6N2O4S/c1-3-31-15-4-6-16(7-5-15)32(29,30)27-11(2)17(28)26-14-9-12(18(20,21)22)8-13(10-14)19(23,24)25/h4-11,27H,3H2,1-2H3,(H,26,28)/t11-/m1/s1. The number of anilines is 1. The summed E-state index contributed by atoms with van der Waals surface area (Å²) in [6, 6.07) is 4.21. The van der Waals surface area contributed by atoms with Gasteiger partial charge in [0, 0.05) is 5.69 Å². The van der Waals surface area contributed by atoms with Crippen LogP contribution >= 0.6 is 0 Å². The van der Waals surface area contributed by atoms with Gasteiger partial charge >= 0.3 is 12.4 Å². The van der Waals surface area contributed by atoms with Crippen LogP contribution in [0.15, 0.2) is 47.4 Å². The van der Waals surface area contributed by atoms with E-state index in [1.54, 1.807) is 6.92 Å². The predicted octanol–water partition coefficient (Wildman–Crippen LogP) is 4.43. The normalized spacial score (nSPS) is 13.5. The zero-order valence-corrected chi connectivity index (χ0v) is 17.5. The molecule has 2 rings (SSSR count). The number of hydrogen-bond donors (Lipinski definition) is 2. The van der Waals surface area contributed by atoms with Crippen LogP contribution in [0.5, 0.6) is 5.75 Å². The van der Waals surface area contributed by atoms with Gasteiger partial charge in [-0.15, -0.1) is 0 Å². The number of nitrogens with one attached hydrogen (secondary N) is 2. The molecule has 0 aliphatic carbocycles. The number of benzene rings is 2. The molecule has 0 heterocycles. The number of carbonyl (C=O) groups is 1. The highest BCUT2D eigenvalue weighted by Gasteiger charge is 2.37. The van der Waals surface area contributed by atoms with E-state index in [1.807, 2.05) is 10.0 Å². The second-order valence-corrected chi connectivity index (χ2v) is 8.25. The first kappa shape index (κ1) is 25.5. The Morgan fingerprint density at radius 1 is 0.969 bits per heavy atom. The first-order chi connectivity index (χ1) is 14.6. The molecule has 2 aromatic carbocycles. The lowest BCUT2D eigenvalue weighted by Crippen LogP contribution is -2.41. The van der Waals surface area contributed by atoms with Gasteiger partial charge in [0.05, 0.1) is 28.7 Å². The van der Waals surface area contributed by atoms with E-state index >= 15 is 0 Å². The molecule has 0 aliphatic heterocycles. The third-order valence-corrected chi connectivity index (χ3v) is 5.58. The molecule has 2 aromatic rings. The number of ether oxygens (including phenoxy) is 1. The van der Waals surface area contributed by atoms with Crippen LogP contribution in [0.25, 0.3) is 0 Å². The second-order valence-electron chi connectivity index (χ2n) is 6.53. The van der Waals surface area contributed by atoms with E-state index in [4.69, 9.17) is 4.74 Å². The van der Waals surface area contributed by atoms with Crippen molar-refractivity contribution in [3.05, 3.63) is 53.6 Å². The van der Waals surface area contributed by atoms with Crippen LogP contribution < -0.4 is 14.8 Å². The summed E-state index contributed by atoms with van der Waals surface area (Å²) in [6.45, 7) is 3.17. The predicted molar refractivity (Wildman–Crippen MR) is 102 cm³/mol. The summed E-state index contributed by atoms with van der Waals surface area (Å²) >= 11 is 0. The highest BCUT2D eigenvalue weighted by molar-refractivity contribution is 7.89. The maximum atomic E-state index is 12.9. The highest BCUT2D eigenvalue weighted by Crippen LogP contribution is 2.37. The Morgan fingerprint density at radius 3 is 1.91 bits per heavy atom. The summed E-state index contributed by atoms with van der Waals surface area (Å²) in [6.07, 6.45) is -10.2. The van der Waals surface area contributed by atoms with Crippen LogP contribution in [-0.4, -0.2) is 27.0 Å². The molecule has 32 heavy (non-hydrogen) atoms. The Labute approximate surface area is 179 Å². The monoisotopic (exact) mass is 484 g/mol. The molecule has 0 fully saturated rings. The summed E-state index contributed by atoms with van der Waals surface area (Å²) in [4.78, 5) is 12.0. The minimum atomic E-state index is -5.10.